The van der Waals surface area contributed by atoms with Crippen molar-refractivity contribution in [3.05, 3.63) is 33.4 Å². The molecule has 0 bridgehead atoms. The molecular weight excluding hydrogens is 359 g/mol. The van der Waals surface area contributed by atoms with E-state index in [0.717, 1.165) is 3.57 Å². The van der Waals surface area contributed by atoms with E-state index in [4.69, 9.17) is 8.48 Å². The number of nitrogens with zero attached hydrogens (tertiary/aromatic N) is 1. The van der Waals surface area contributed by atoms with E-state index in [0.29, 0.717) is 18.7 Å². The Morgan fingerprint density at radius 2 is 1.95 bits per heavy atom. The van der Waals surface area contributed by atoms with E-state index in [1.165, 1.54) is 0 Å². The summed E-state index contributed by atoms with van der Waals surface area (Å²) in [6.45, 7) is 4.84. The first-order valence-corrected chi connectivity index (χ1v) is 9.03. The monoisotopic (exact) mass is 374 g/mol. The fourth-order valence-corrected chi connectivity index (χ4v) is 5.69. The summed E-state index contributed by atoms with van der Waals surface area (Å²) in [5, 5.41) is 8.05. The van der Waals surface area contributed by atoms with Crippen molar-refractivity contribution in [2.24, 2.45) is 0 Å². The summed E-state index contributed by atoms with van der Waals surface area (Å²) >= 11 is -2.63. The molecule has 1 N–H and O–H groups in total. The Hall–Kier alpha value is -1.44. The summed E-state index contributed by atoms with van der Waals surface area (Å²) in [5.41, 5.74) is 0.504. The molecule has 1 aliphatic rings. The van der Waals surface area contributed by atoms with Gasteiger partial charge in [0, 0.05) is 0 Å². The first-order chi connectivity index (χ1) is 9.10. The zero-order valence-electron chi connectivity index (χ0n) is 10.8. The number of benzene rings is 1. The third-order valence-electron chi connectivity index (χ3n) is 2.84. The quantitative estimate of drug-likeness (QED) is 0.650. The van der Waals surface area contributed by atoms with E-state index in [1.54, 1.807) is 29.2 Å². The number of halogens is 1. The normalized spacial score (nSPS) is 14.8. The Kier molecular flexibility index (Phi) is 4.18. The second-order valence-corrected chi connectivity index (χ2v) is 7.99. The number of hydrogen-bond donors (Lipinski definition) is 1. The van der Waals surface area contributed by atoms with Crippen molar-refractivity contribution < 1.29 is 12.7 Å². The zero-order chi connectivity index (χ0) is 14.0. The van der Waals surface area contributed by atoms with Crippen LogP contribution in [0.1, 0.15) is 24.2 Å². The molecule has 1 aromatic carbocycles. The van der Waals surface area contributed by atoms with Crippen LogP contribution in [0, 0.1) is 8.98 Å². The molecule has 2 rings (SSSR count). The Balaban J connectivity index is 2.27. The molecular formula is C13H15IN2O3. The molecule has 0 spiro atoms. The number of fused-ring (bicyclic) bond motifs is 1. The van der Waals surface area contributed by atoms with Gasteiger partial charge in [0.15, 0.2) is 0 Å². The van der Waals surface area contributed by atoms with Crippen LogP contribution in [0.4, 0.5) is 0 Å². The Morgan fingerprint density at radius 3 is 2.58 bits per heavy atom. The molecule has 0 radical (unpaired) electrons. The van der Waals surface area contributed by atoms with Gasteiger partial charge in [-0.05, 0) is 0 Å². The fourth-order valence-electron chi connectivity index (χ4n) is 1.79. The van der Waals surface area contributed by atoms with Gasteiger partial charge in [-0.25, -0.2) is 0 Å². The molecule has 0 saturated heterocycles. The van der Waals surface area contributed by atoms with Crippen molar-refractivity contribution in [2.75, 3.05) is 13.1 Å². The summed E-state index contributed by atoms with van der Waals surface area (Å²) in [5.74, 6) is -0.724. The molecule has 0 fully saturated rings. The Bertz CT molecular complexity index is 540. The summed E-state index contributed by atoms with van der Waals surface area (Å²) < 4.78 is 6.02. The van der Waals surface area contributed by atoms with Crippen LogP contribution in [0.25, 0.3) is 0 Å². The predicted molar refractivity (Wildman–Crippen MR) is 80.2 cm³/mol. The molecule has 19 heavy (non-hydrogen) atoms. The van der Waals surface area contributed by atoms with Crippen molar-refractivity contribution in [3.63, 3.8) is 0 Å². The molecule has 0 aromatic heterocycles. The van der Waals surface area contributed by atoms with Crippen molar-refractivity contribution in [2.45, 2.75) is 13.8 Å². The Labute approximate surface area is 119 Å². The molecule has 0 aliphatic carbocycles. The maximum atomic E-state index is 12.2. The number of nitrogens with one attached hydrogen (secondary N) is 1. The van der Waals surface area contributed by atoms with Gasteiger partial charge >= 0.3 is 119 Å². The van der Waals surface area contributed by atoms with E-state index in [1.807, 2.05) is 13.8 Å². The molecule has 1 heterocycles. The summed E-state index contributed by atoms with van der Waals surface area (Å²) in [6, 6.07) is 7.04. The SMILES string of the molecule is CCN(CC)C(=O)C(=N)I1OC(=O)c2ccccc21. The average Bonchev–Trinajstić information content (AvgIpc) is 2.77. The maximum absolute atomic E-state index is 12.2. The second-order valence-electron chi connectivity index (χ2n) is 3.88. The molecule has 0 saturated carbocycles. The topological polar surface area (TPSA) is 70.5 Å². The van der Waals surface area contributed by atoms with Crippen molar-refractivity contribution in [3.8, 4) is 0 Å². The zero-order valence-corrected chi connectivity index (χ0v) is 12.9. The van der Waals surface area contributed by atoms with Gasteiger partial charge in [-0.2, -0.15) is 0 Å². The molecule has 1 amide bonds. The van der Waals surface area contributed by atoms with Gasteiger partial charge in [0.05, 0.1) is 0 Å². The van der Waals surface area contributed by atoms with E-state index in [9.17, 15) is 9.59 Å². The third kappa shape index (κ3) is 2.49. The van der Waals surface area contributed by atoms with Crippen LogP contribution in [0.15, 0.2) is 24.3 Å². The first kappa shape index (κ1) is 14.0. The van der Waals surface area contributed by atoms with Crippen LogP contribution >= 0.6 is 20.2 Å². The minimum atomic E-state index is -2.63. The van der Waals surface area contributed by atoms with Gasteiger partial charge in [-0.1, -0.05) is 0 Å². The van der Waals surface area contributed by atoms with Crippen molar-refractivity contribution >= 4 is 35.8 Å². The van der Waals surface area contributed by atoms with Gasteiger partial charge in [-0.15, -0.1) is 0 Å². The van der Waals surface area contributed by atoms with E-state index in [2.05, 4.69) is 0 Å². The number of amides is 1. The third-order valence-corrected chi connectivity index (χ3v) is 7.11. The molecule has 1 aliphatic heterocycles. The van der Waals surface area contributed by atoms with Gasteiger partial charge in [0.25, 0.3) is 0 Å². The second kappa shape index (κ2) is 5.68. The Morgan fingerprint density at radius 1 is 1.32 bits per heavy atom. The first-order valence-electron chi connectivity index (χ1n) is 5.99. The van der Waals surface area contributed by atoms with E-state index < -0.39 is 26.2 Å². The molecule has 102 valence electrons. The average molecular weight is 374 g/mol. The number of carbonyl (C=O) groups is 2. The minimum absolute atomic E-state index is 0.0359. The van der Waals surface area contributed by atoms with Gasteiger partial charge < -0.3 is 0 Å². The standard InChI is InChI=1S/C13H15IN2O3/c1-3-16(4-2)12(17)11(15)14-10-8-6-5-7-9(10)13(18)19-14/h5-8,15H,3-4H2,1-2H3. The summed E-state index contributed by atoms with van der Waals surface area (Å²) in [7, 11) is 0. The van der Waals surface area contributed by atoms with Crippen molar-refractivity contribution in [1.82, 2.24) is 4.90 Å². The molecule has 0 unspecified atom stereocenters. The number of hydrogen-bond acceptors (Lipinski definition) is 4. The summed E-state index contributed by atoms with van der Waals surface area (Å²) in [6.07, 6.45) is 0. The van der Waals surface area contributed by atoms with Crippen LogP contribution in [0.3, 0.4) is 0 Å². The van der Waals surface area contributed by atoms with E-state index in [-0.39, 0.29) is 9.63 Å². The number of carbonyl (C=O) groups excluding carboxylic acids is 2. The number of rotatable bonds is 4. The summed E-state index contributed by atoms with van der Waals surface area (Å²) in [4.78, 5) is 25.4. The van der Waals surface area contributed by atoms with Gasteiger partial charge in [0.2, 0.25) is 0 Å². The predicted octanol–water partition coefficient (Wildman–Crippen LogP) is 2.29. The van der Waals surface area contributed by atoms with Gasteiger partial charge in [0.1, 0.15) is 0 Å². The molecule has 1 aromatic rings. The van der Waals surface area contributed by atoms with Crippen LogP contribution < -0.4 is 0 Å². The van der Waals surface area contributed by atoms with E-state index >= 15 is 0 Å². The van der Waals surface area contributed by atoms with Crippen LogP contribution in [0.2, 0.25) is 0 Å². The van der Waals surface area contributed by atoms with Crippen LogP contribution in [-0.2, 0) is 7.86 Å². The van der Waals surface area contributed by atoms with Crippen LogP contribution in [-0.4, -0.2) is 33.6 Å². The van der Waals surface area contributed by atoms with Crippen molar-refractivity contribution in [1.29, 1.82) is 5.41 Å². The van der Waals surface area contributed by atoms with Crippen LogP contribution in [0.5, 0.6) is 0 Å². The molecule has 5 nitrogen and oxygen atoms in total. The molecule has 6 heteroatoms. The molecule has 0 atom stereocenters. The fraction of sp³-hybridized carbons (Fsp3) is 0.308. The van der Waals surface area contributed by atoms with Gasteiger partial charge in [-0.3, -0.25) is 0 Å².